The van der Waals surface area contributed by atoms with E-state index in [2.05, 4.69) is 34.6 Å². The molecule has 2 N–H and O–H groups in total. The number of aliphatic carboxylic acids is 2. The van der Waals surface area contributed by atoms with Gasteiger partial charge in [-0.1, -0.05) is 60.3 Å². The van der Waals surface area contributed by atoms with Crippen LogP contribution >= 0.6 is 0 Å². The van der Waals surface area contributed by atoms with Crippen LogP contribution in [0.25, 0.3) is 0 Å². The molecule has 0 aromatic heterocycles. The first-order valence-electron chi connectivity index (χ1n) is 8.48. The number of carboxylic acids is 2. The van der Waals surface area contributed by atoms with Gasteiger partial charge < -0.3 is 10.2 Å². The third-order valence-corrected chi connectivity index (χ3v) is 3.24. The minimum atomic E-state index is -0.677. The maximum Gasteiger partial charge on any atom is 0.303 e. The van der Waals surface area contributed by atoms with Crippen molar-refractivity contribution in [2.24, 2.45) is 11.3 Å². The molecule has 1 radical (unpaired) electrons. The van der Waals surface area contributed by atoms with E-state index in [-0.39, 0.29) is 17.1 Å². The molecule has 0 spiro atoms. The first-order valence-corrected chi connectivity index (χ1v) is 8.48. The van der Waals surface area contributed by atoms with Gasteiger partial charge in [0.05, 0.1) is 0 Å². The summed E-state index contributed by atoms with van der Waals surface area (Å²) in [4.78, 5) is 20.2. The minimum Gasteiger partial charge on any atom is -0.481 e. The van der Waals surface area contributed by atoms with E-state index in [4.69, 9.17) is 10.2 Å². The Hall–Kier alpha value is -0.541. The van der Waals surface area contributed by atoms with Gasteiger partial charge in [0.2, 0.25) is 0 Å². The summed E-state index contributed by atoms with van der Waals surface area (Å²) < 4.78 is 0. The Labute approximate surface area is 152 Å². The number of unbranched alkanes of at least 4 members (excludes halogenated alkanes) is 3. The molecular weight excluding hydrogens is 344 g/mol. The molecule has 0 saturated heterocycles. The predicted octanol–water partition coefficient (Wildman–Crippen LogP) is 5.35. The van der Waals surface area contributed by atoms with Gasteiger partial charge in [0.15, 0.2) is 0 Å². The van der Waals surface area contributed by atoms with E-state index < -0.39 is 11.9 Å². The molecule has 4 nitrogen and oxygen atoms in total. The van der Waals surface area contributed by atoms with Crippen LogP contribution in [0.5, 0.6) is 0 Å². The summed E-state index contributed by atoms with van der Waals surface area (Å²) >= 11 is 0. The quantitative estimate of drug-likeness (QED) is 0.396. The van der Waals surface area contributed by atoms with Gasteiger partial charge in [-0.15, -0.1) is 0 Å². The average molecular weight is 380 g/mol. The normalized spacial score (nSPS) is 10.5. The molecule has 0 rings (SSSR count). The summed E-state index contributed by atoms with van der Waals surface area (Å²) in [7, 11) is 0. The summed E-state index contributed by atoms with van der Waals surface area (Å²) in [5.41, 5.74) is 0.392. The molecule has 0 aliphatic heterocycles. The van der Waals surface area contributed by atoms with E-state index in [0.29, 0.717) is 24.2 Å². The second-order valence-electron chi connectivity index (χ2n) is 7.55. The molecule has 0 amide bonds. The van der Waals surface area contributed by atoms with Crippen LogP contribution in [0.1, 0.15) is 92.4 Å². The number of hydrogen-bond donors (Lipinski definition) is 2. The molecule has 0 atom stereocenters. The zero-order valence-corrected chi connectivity index (χ0v) is 16.4. The molecule has 0 aromatic carbocycles. The first-order chi connectivity index (χ1) is 10.0. The van der Waals surface area contributed by atoms with Crippen LogP contribution in [0.3, 0.4) is 0 Å². The standard InChI is InChI=1S/C10H20O2.C8H16O2.Cu/c1-10(2,3)8-6-4-5-7-9(11)12;1-7(2)5-3-4-6-8(9)10;/h4-8H2,1-3H3,(H,11,12);7H,3-6H2,1-2H3,(H,9,10);. The molecule has 0 aromatic rings. The van der Waals surface area contributed by atoms with Crippen LogP contribution < -0.4 is 0 Å². The van der Waals surface area contributed by atoms with Gasteiger partial charge in [0, 0.05) is 29.9 Å². The molecular formula is C18H36CuO4. The van der Waals surface area contributed by atoms with Gasteiger partial charge >= 0.3 is 11.9 Å². The molecule has 0 aliphatic rings. The molecule has 0 fully saturated rings. The van der Waals surface area contributed by atoms with Crippen LogP contribution in [0.4, 0.5) is 0 Å². The van der Waals surface area contributed by atoms with Crippen molar-refractivity contribution in [1.82, 2.24) is 0 Å². The summed E-state index contributed by atoms with van der Waals surface area (Å²) in [6.45, 7) is 10.9. The van der Waals surface area contributed by atoms with Gasteiger partial charge in [-0.25, -0.2) is 0 Å². The Morgan fingerprint density at radius 3 is 1.61 bits per heavy atom. The number of carbonyl (C=O) groups is 2. The predicted molar refractivity (Wildman–Crippen MR) is 91.1 cm³/mol. The average Bonchev–Trinajstić information content (AvgIpc) is 2.33. The second kappa shape index (κ2) is 16.3. The SMILES string of the molecule is CC(C)(C)CCCCCC(=O)O.CC(C)CCCCC(=O)O.[Cu]. The monoisotopic (exact) mass is 379 g/mol. The summed E-state index contributed by atoms with van der Waals surface area (Å²) in [5, 5.41) is 16.7. The smallest absolute Gasteiger partial charge is 0.303 e. The van der Waals surface area contributed by atoms with Crippen molar-refractivity contribution in [3.05, 3.63) is 0 Å². The van der Waals surface area contributed by atoms with Gasteiger partial charge in [-0.2, -0.15) is 0 Å². The summed E-state index contributed by atoms with van der Waals surface area (Å²) in [6, 6.07) is 0. The Bertz CT molecular complexity index is 296. The van der Waals surface area contributed by atoms with E-state index in [9.17, 15) is 9.59 Å². The number of rotatable bonds is 10. The van der Waals surface area contributed by atoms with E-state index in [1.54, 1.807) is 0 Å². The fourth-order valence-electron chi connectivity index (χ4n) is 1.94. The first kappa shape index (κ1) is 27.3. The van der Waals surface area contributed by atoms with Crippen molar-refractivity contribution in [3.63, 3.8) is 0 Å². The summed E-state index contributed by atoms with van der Waals surface area (Å²) in [5.74, 6) is -0.650. The topological polar surface area (TPSA) is 74.6 Å². The molecule has 0 aliphatic carbocycles. The fourth-order valence-corrected chi connectivity index (χ4v) is 1.94. The Kier molecular flexibility index (Phi) is 19.4. The van der Waals surface area contributed by atoms with Crippen molar-refractivity contribution >= 4 is 11.9 Å². The molecule has 0 unspecified atom stereocenters. The van der Waals surface area contributed by atoms with Gasteiger partial charge in [-0.05, 0) is 30.6 Å². The van der Waals surface area contributed by atoms with Crippen LogP contribution in [0, 0.1) is 11.3 Å². The van der Waals surface area contributed by atoms with Crippen molar-refractivity contribution in [3.8, 4) is 0 Å². The van der Waals surface area contributed by atoms with E-state index in [1.165, 1.54) is 6.42 Å². The largest absolute Gasteiger partial charge is 0.481 e. The zero-order chi connectivity index (χ0) is 17.6. The van der Waals surface area contributed by atoms with Crippen LogP contribution in [0.2, 0.25) is 0 Å². The molecule has 0 bridgehead atoms. The molecule has 0 heterocycles. The molecule has 23 heavy (non-hydrogen) atoms. The maximum absolute atomic E-state index is 10.2. The summed E-state index contributed by atoms with van der Waals surface area (Å²) in [6.07, 6.45) is 7.88. The van der Waals surface area contributed by atoms with Crippen LogP contribution in [-0.4, -0.2) is 22.2 Å². The van der Waals surface area contributed by atoms with Crippen molar-refractivity contribution in [1.29, 1.82) is 0 Å². The van der Waals surface area contributed by atoms with E-state index >= 15 is 0 Å². The van der Waals surface area contributed by atoms with Crippen molar-refractivity contribution in [2.75, 3.05) is 0 Å². The molecule has 5 heteroatoms. The van der Waals surface area contributed by atoms with Crippen LogP contribution in [0.15, 0.2) is 0 Å². The minimum absolute atomic E-state index is 0. The number of hydrogen-bond acceptors (Lipinski definition) is 2. The van der Waals surface area contributed by atoms with Crippen molar-refractivity contribution in [2.45, 2.75) is 92.4 Å². The van der Waals surface area contributed by atoms with Gasteiger partial charge in [0.1, 0.15) is 0 Å². The zero-order valence-electron chi connectivity index (χ0n) is 15.5. The Morgan fingerprint density at radius 1 is 0.826 bits per heavy atom. The third kappa shape index (κ3) is 34.0. The van der Waals surface area contributed by atoms with Crippen molar-refractivity contribution < 1.29 is 36.9 Å². The second-order valence-corrected chi connectivity index (χ2v) is 7.55. The van der Waals surface area contributed by atoms with E-state index in [1.807, 2.05) is 0 Å². The Balaban J connectivity index is -0.000000338. The Morgan fingerprint density at radius 2 is 1.26 bits per heavy atom. The fraction of sp³-hybridized carbons (Fsp3) is 0.889. The van der Waals surface area contributed by atoms with Crippen LogP contribution in [-0.2, 0) is 26.7 Å². The van der Waals surface area contributed by atoms with Gasteiger partial charge in [0.25, 0.3) is 0 Å². The number of carboxylic acid groups (broad SMARTS) is 2. The molecule has 143 valence electrons. The van der Waals surface area contributed by atoms with Gasteiger partial charge in [-0.3, -0.25) is 9.59 Å². The molecule has 0 saturated carbocycles. The maximum atomic E-state index is 10.2. The van der Waals surface area contributed by atoms with E-state index in [0.717, 1.165) is 38.5 Å². The third-order valence-electron chi connectivity index (χ3n) is 3.24.